The first-order chi connectivity index (χ1) is 14.9. The van der Waals surface area contributed by atoms with Gasteiger partial charge in [-0.3, -0.25) is 14.5 Å². The predicted octanol–water partition coefficient (Wildman–Crippen LogP) is 4.95. The number of rotatable bonds is 8. The molecule has 1 aliphatic rings. The van der Waals surface area contributed by atoms with Gasteiger partial charge < -0.3 is 10.1 Å². The first-order valence-electron chi connectivity index (χ1n) is 10.1. The largest absolute Gasteiger partial charge is 0.385 e. The van der Waals surface area contributed by atoms with Crippen molar-refractivity contribution in [2.45, 2.75) is 31.9 Å². The summed E-state index contributed by atoms with van der Waals surface area (Å²) in [7, 11) is 1.63. The molecule has 0 spiro atoms. The molecule has 1 unspecified atom stereocenters. The number of nitrogens with one attached hydrogen (secondary N) is 1. The summed E-state index contributed by atoms with van der Waals surface area (Å²) >= 11 is 7.31. The number of ether oxygens (including phenoxy) is 1. The van der Waals surface area contributed by atoms with Crippen molar-refractivity contribution >= 4 is 51.7 Å². The standard InChI is InChI=1S/C23H26ClN3O3S/c1-15-8-9-19(12-16(15)2)26-23-27(10-5-11-30-3)22(29)20(31-23)14-21(28)25-18-7-4-6-17(24)13-18/h4,6-9,12-13,20H,5,10-11,14H2,1-3H3,(H,25,28). The van der Waals surface area contributed by atoms with E-state index in [-0.39, 0.29) is 18.2 Å². The van der Waals surface area contributed by atoms with E-state index in [1.807, 2.05) is 32.0 Å². The third-order valence-corrected chi connectivity index (χ3v) is 6.36. The first-order valence-corrected chi connectivity index (χ1v) is 11.3. The molecule has 2 amide bonds. The summed E-state index contributed by atoms with van der Waals surface area (Å²) < 4.78 is 5.13. The molecule has 3 rings (SSSR count). The van der Waals surface area contributed by atoms with Crippen LogP contribution in [0.25, 0.3) is 0 Å². The maximum atomic E-state index is 13.0. The molecule has 1 atom stereocenters. The number of aryl methyl sites for hydroxylation is 2. The van der Waals surface area contributed by atoms with Crippen LogP contribution < -0.4 is 5.32 Å². The van der Waals surface area contributed by atoms with Crippen LogP contribution in [-0.2, 0) is 14.3 Å². The van der Waals surface area contributed by atoms with Crippen molar-refractivity contribution in [3.8, 4) is 0 Å². The number of aliphatic imine (C=N–C) groups is 1. The molecule has 1 aliphatic heterocycles. The lowest BCUT2D eigenvalue weighted by Gasteiger charge is -2.16. The minimum atomic E-state index is -0.521. The average molecular weight is 460 g/mol. The molecule has 6 nitrogen and oxygen atoms in total. The maximum Gasteiger partial charge on any atom is 0.242 e. The van der Waals surface area contributed by atoms with Crippen molar-refractivity contribution in [2.75, 3.05) is 25.6 Å². The first kappa shape index (κ1) is 23.3. The Morgan fingerprint density at radius 3 is 2.74 bits per heavy atom. The van der Waals surface area contributed by atoms with Crippen molar-refractivity contribution in [1.82, 2.24) is 4.90 Å². The second-order valence-corrected chi connectivity index (χ2v) is 8.97. The zero-order chi connectivity index (χ0) is 22.4. The summed E-state index contributed by atoms with van der Waals surface area (Å²) in [6.07, 6.45) is 0.749. The zero-order valence-electron chi connectivity index (χ0n) is 17.9. The Balaban J connectivity index is 1.75. The highest BCUT2D eigenvalue weighted by atomic mass is 35.5. The molecule has 1 fully saturated rings. The Morgan fingerprint density at radius 1 is 1.23 bits per heavy atom. The van der Waals surface area contributed by atoms with Crippen molar-refractivity contribution in [3.63, 3.8) is 0 Å². The lowest BCUT2D eigenvalue weighted by molar-refractivity contribution is -0.128. The van der Waals surface area contributed by atoms with Gasteiger partial charge >= 0.3 is 0 Å². The molecule has 164 valence electrons. The summed E-state index contributed by atoms with van der Waals surface area (Å²) in [6, 6.07) is 12.9. The molecule has 2 aromatic rings. The third kappa shape index (κ3) is 6.32. The number of amides is 2. The molecule has 2 aromatic carbocycles. The maximum absolute atomic E-state index is 13.0. The molecule has 31 heavy (non-hydrogen) atoms. The highest BCUT2D eigenvalue weighted by molar-refractivity contribution is 8.15. The molecular formula is C23H26ClN3O3S. The van der Waals surface area contributed by atoms with E-state index in [4.69, 9.17) is 21.3 Å². The van der Waals surface area contributed by atoms with Gasteiger partial charge in [0, 0.05) is 37.4 Å². The third-order valence-electron chi connectivity index (χ3n) is 4.94. The van der Waals surface area contributed by atoms with Crippen LogP contribution >= 0.6 is 23.4 Å². The van der Waals surface area contributed by atoms with E-state index in [0.717, 1.165) is 11.3 Å². The van der Waals surface area contributed by atoms with Crippen LogP contribution in [0.5, 0.6) is 0 Å². The number of methoxy groups -OCH3 is 1. The number of nitrogens with zero attached hydrogens (tertiary/aromatic N) is 2. The molecule has 1 N–H and O–H groups in total. The minimum absolute atomic E-state index is 0.0583. The number of carbonyl (C=O) groups excluding carboxylic acids is 2. The zero-order valence-corrected chi connectivity index (χ0v) is 19.4. The Kier molecular flexibility index (Phi) is 8.12. The van der Waals surface area contributed by atoms with E-state index in [9.17, 15) is 9.59 Å². The topological polar surface area (TPSA) is 71.0 Å². The number of thioether (sulfide) groups is 1. The number of amidine groups is 1. The van der Waals surface area contributed by atoms with Gasteiger partial charge in [0.15, 0.2) is 5.17 Å². The van der Waals surface area contributed by atoms with E-state index in [2.05, 4.69) is 5.32 Å². The molecule has 0 aliphatic carbocycles. The van der Waals surface area contributed by atoms with Gasteiger partial charge in [-0.15, -0.1) is 0 Å². The monoisotopic (exact) mass is 459 g/mol. The molecular weight excluding hydrogens is 434 g/mol. The van der Waals surface area contributed by atoms with Crippen molar-refractivity contribution in [2.24, 2.45) is 4.99 Å². The van der Waals surface area contributed by atoms with Gasteiger partial charge in [-0.05, 0) is 61.7 Å². The van der Waals surface area contributed by atoms with E-state index >= 15 is 0 Å². The van der Waals surface area contributed by atoms with Gasteiger partial charge in [-0.2, -0.15) is 0 Å². The Bertz CT molecular complexity index is 996. The summed E-state index contributed by atoms with van der Waals surface area (Å²) in [5, 5.41) is 3.44. The lowest BCUT2D eigenvalue weighted by atomic mass is 10.1. The van der Waals surface area contributed by atoms with Crippen LogP contribution in [0, 0.1) is 13.8 Å². The number of benzene rings is 2. The quantitative estimate of drug-likeness (QED) is 0.567. The molecule has 8 heteroatoms. The van der Waals surface area contributed by atoms with Crippen LogP contribution in [0.2, 0.25) is 5.02 Å². The number of carbonyl (C=O) groups is 2. The predicted molar refractivity (Wildman–Crippen MR) is 127 cm³/mol. The van der Waals surface area contributed by atoms with Gasteiger partial charge in [0.25, 0.3) is 0 Å². The van der Waals surface area contributed by atoms with Crippen LogP contribution in [0.3, 0.4) is 0 Å². The Hall–Kier alpha value is -2.35. The molecule has 1 saturated heterocycles. The van der Waals surface area contributed by atoms with Gasteiger partial charge in [-0.25, -0.2) is 4.99 Å². The van der Waals surface area contributed by atoms with E-state index in [0.29, 0.717) is 35.5 Å². The van der Waals surface area contributed by atoms with Crippen LogP contribution in [0.1, 0.15) is 24.0 Å². The minimum Gasteiger partial charge on any atom is -0.385 e. The highest BCUT2D eigenvalue weighted by Gasteiger charge is 2.38. The number of anilines is 1. The second kappa shape index (κ2) is 10.8. The van der Waals surface area contributed by atoms with Gasteiger partial charge in [0.1, 0.15) is 5.25 Å². The summed E-state index contributed by atoms with van der Waals surface area (Å²) in [6.45, 7) is 5.12. The smallest absolute Gasteiger partial charge is 0.242 e. The van der Waals surface area contributed by atoms with Gasteiger partial charge in [0.05, 0.1) is 5.69 Å². The fraction of sp³-hybridized carbons (Fsp3) is 0.348. The molecule has 0 radical (unpaired) electrons. The lowest BCUT2D eigenvalue weighted by Crippen LogP contribution is -2.34. The summed E-state index contributed by atoms with van der Waals surface area (Å²) in [4.78, 5) is 32.0. The second-order valence-electron chi connectivity index (χ2n) is 7.37. The molecule has 0 saturated carbocycles. The van der Waals surface area contributed by atoms with Crippen molar-refractivity contribution < 1.29 is 14.3 Å². The highest BCUT2D eigenvalue weighted by Crippen LogP contribution is 2.32. The Labute approximate surface area is 192 Å². The number of hydrogen-bond acceptors (Lipinski definition) is 5. The normalized spacial score (nSPS) is 17.4. The van der Waals surface area contributed by atoms with Crippen molar-refractivity contribution in [3.05, 3.63) is 58.6 Å². The van der Waals surface area contributed by atoms with Crippen LogP contribution in [-0.4, -0.2) is 47.4 Å². The van der Waals surface area contributed by atoms with E-state index < -0.39 is 5.25 Å². The fourth-order valence-corrected chi connectivity index (χ4v) is 4.52. The van der Waals surface area contributed by atoms with Gasteiger partial charge in [0.2, 0.25) is 11.8 Å². The van der Waals surface area contributed by atoms with Crippen LogP contribution in [0.4, 0.5) is 11.4 Å². The number of halogens is 1. The molecule has 1 heterocycles. The van der Waals surface area contributed by atoms with Crippen molar-refractivity contribution in [1.29, 1.82) is 0 Å². The number of hydrogen-bond donors (Lipinski definition) is 1. The van der Waals surface area contributed by atoms with E-state index in [1.165, 1.54) is 17.3 Å². The van der Waals surface area contributed by atoms with Crippen LogP contribution in [0.15, 0.2) is 47.5 Å². The summed E-state index contributed by atoms with van der Waals surface area (Å²) in [5.74, 6) is -0.345. The Morgan fingerprint density at radius 2 is 2.03 bits per heavy atom. The average Bonchev–Trinajstić information content (AvgIpc) is 2.99. The van der Waals surface area contributed by atoms with Gasteiger partial charge in [-0.1, -0.05) is 35.5 Å². The SMILES string of the molecule is COCCCN1C(=O)C(CC(=O)Nc2cccc(Cl)c2)SC1=Nc1ccc(C)c(C)c1. The molecule has 0 aromatic heterocycles. The fourth-order valence-electron chi connectivity index (χ4n) is 3.15. The molecule has 0 bridgehead atoms. The summed E-state index contributed by atoms with van der Waals surface area (Å²) in [5.41, 5.74) is 3.72. The van der Waals surface area contributed by atoms with E-state index in [1.54, 1.807) is 36.3 Å².